The van der Waals surface area contributed by atoms with Gasteiger partial charge in [0.05, 0.1) is 12.3 Å². The molecule has 0 unspecified atom stereocenters. The lowest BCUT2D eigenvalue weighted by molar-refractivity contribution is 0.116. The number of halogens is 1. The Balaban J connectivity index is 1.65. The first-order chi connectivity index (χ1) is 8.84. The average molecular weight is 262 g/mol. The molecule has 1 heterocycles. The molecule has 2 rings (SSSR count). The number of nitrogens with zero attached hydrogens (tertiary/aromatic N) is 1. The maximum atomic E-state index is 5.87. The molecule has 0 aliphatic heterocycles. The summed E-state index contributed by atoms with van der Waals surface area (Å²) in [6, 6.07) is 14.0. The Kier molecular flexibility index (Phi) is 5.18. The topological polar surface area (TPSA) is 22.1 Å². The van der Waals surface area contributed by atoms with E-state index in [0.29, 0.717) is 11.6 Å². The highest BCUT2D eigenvalue weighted by Crippen LogP contribution is 2.09. The van der Waals surface area contributed by atoms with Crippen molar-refractivity contribution in [1.82, 2.24) is 4.98 Å². The molecule has 0 bridgehead atoms. The van der Waals surface area contributed by atoms with Gasteiger partial charge in [-0.2, -0.15) is 0 Å². The van der Waals surface area contributed by atoms with Crippen LogP contribution in [-0.4, -0.2) is 11.6 Å². The van der Waals surface area contributed by atoms with Gasteiger partial charge in [-0.25, -0.2) is 0 Å². The Hall–Kier alpha value is -1.38. The van der Waals surface area contributed by atoms with Gasteiger partial charge in [-0.3, -0.25) is 4.98 Å². The number of aryl methyl sites for hydroxylation is 1. The van der Waals surface area contributed by atoms with E-state index in [0.717, 1.165) is 25.1 Å². The van der Waals surface area contributed by atoms with E-state index in [4.69, 9.17) is 16.3 Å². The third-order valence-corrected chi connectivity index (χ3v) is 2.86. The Morgan fingerprint density at radius 1 is 1.11 bits per heavy atom. The van der Waals surface area contributed by atoms with E-state index in [2.05, 4.69) is 29.2 Å². The summed E-state index contributed by atoms with van der Waals surface area (Å²) in [5, 5.41) is 0.702. The van der Waals surface area contributed by atoms with Crippen LogP contribution >= 0.6 is 11.6 Å². The summed E-state index contributed by atoms with van der Waals surface area (Å²) >= 11 is 5.87. The van der Waals surface area contributed by atoms with E-state index in [1.807, 2.05) is 12.1 Å². The predicted octanol–water partition coefficient (Wildman–Crippen LogP) is 3.88. The fraction of sp³-hybridized carbons (Fsp3) is 0.267. The molecule has 2 nitrogen and oxygen atoms in total. The third-order valence-electron chi connectivity index (χ3n) is 2.63. The molecule has 0 radical (unpaired) electrons. The summed E-state index contributed by atoms with van der Waals surface area (Å²) in [4.78, 5) is 4.19. The molecule has 18 heavy (non-hydrogen) atoms. The van der Waals surface area contributed by atoms with Crippen molar-refractivity contribution < 1.29 is 4.74 Å². The number of hydrogen-bond acceptors (Lipinski definition) is 2. The SMILES string of the molecule is Clc1ccnc(COCCCc2ccccc2)c1. The molecule has 0 aliphatic rings. The van der Waals surface area contributed by atoms with E-state index < -0.39 is 0 Å². The normalized spacial score (nSPS) is 10.5. The first-order valence-corrected chi connectivity index (χ1v) is 6.44. The van der Waals surface area contributed by atoms with Gasteiger partial charge in [0.1, 0.15) is 0 Å². The van der Waals surface area contributed by atoms with Crippen LogP contribution in [0.5, 0.6) is 0 Å². The van der Waals surface area contributed by atoms with Crippen LogP contribution in [0.2, 0.25) is 5.02 Å². The van der Waals surface area contributed by atoms with E-state index in [-0.39, 0.29) is 0 Å². The molecule has 0 aliphatic carbocycles. The molecule has 0 saturated heterocycles. The minimum atomic E-state index is 0.523. The Morgan fingerprint density at radius 3 is 2.72 bits per heavy atom. The van der Waals surface area contributed by atoms with Crippen molar-refractivity contribution in [3.8, 4) is 0 Å². The van der Waals surface area contributed by atoms with Gasteiger partial charge >= 0.3 is 0 Å². The van der Waals surface area contributed by atoms with Crippen molar-refractivity contribution in [3.63, 3.8) is 0 Å². The van der Waals surface area contributed by atoms with Crippen molar-refractivity contribution in [2.45, 2.75) is 19.4 Å². The average Bonchev–Trinajstić information content (AvgIpc) is 2.40. The maximum absolute atomic E-state index is 5.87. The standard InChI is InChI=1S/C15H16ClNO/c16-14-8-9-17-15(11-14)12-18-10-4-7-13-5-2-1-3-6-13/h1-3,5-6,8-9,11H,4,7,10,12H2. The van der Waals surface area contributed by atoms with E-state index >= 15 is 0 Å². The minimum absolute atomic E-state index is 0.523. The van der Waals surface area contributed by atoms with Crippen LogP contribution in [-0.2, 0) is 17.8 Å². The highest BCUT2D eigenvalue weighted by Gasteiger charge is 1.97. The first kappa shape index (κ1) is 13.1. The van der Waals surface area contributed by atoms with Gasteiger partial charge in [0.25, 0.3) is 0 Å². The summed E-state index contributed by atoms with van der Waals surface area (Å²) in [7, 11) is 0. The highest BCUT2D eigenvalue weighted by molar-refractivity contribution is 6.30. The maximum Gasteiger partial charge on any atom is 0.0888 e. The molecular formula is C15H16ClNO. The number of hydrogen-bond donors (Lipinski definition) is 0. The molecule has 0 N–H and O–H groups in total. The van der Waals surface area contributed by atoms with Crippen molar-refractivity contribution in [3.05, 3.63) is 64.9 Å². The number of pyridine rings is 1. The van der Waals surface area contributed by atoms with Gasteiger partial charge in [-0.1, -0.05) is 41.9 Å². The number of rotatable bonds is 6. The lowest BCUT2D eigenvalue weighted by Gasteiger charge is -2.04. The smallest absolute Gasteiger partial charge is 0.0888 e. The molecule has 2 aromatic rings. The highest BCUT2D eigenvalue weighted by atomic mass is 35.5. The van der Waals surface area contributed by atoms with Crippen molar-refractivity contribution in [2.24, 2.45) is 0 Å². The molecule has 1 aromatic carbocycles. The van der Waals surface area contributed by atoms with Crippen LogP contribution in [0.3, 0.4) is 0 Å². The molecule has 3 heteroatoms. The van der Waals surface area contributed by atoms with E-state index in [1.165, 1.54) is 5.56 Å². The predicted molar refractivity (Wildman–Crippen MR) is 73.7 cm³/mol. The van der Waals surface area contributed by atoms with Crippen LogP contribution in [0.25, 0.3) is 0 Å². The number of ether oxygens (including phenoxy) is 1. The molecule has 0 amide bonds. The molecule has 1 aromatic heterocycles. The summed E-state index contributed by atoms with van der Waals surface area (Å²) < 4.78 is 5.58. The summed E-state index contributed by atoms with van der Waals surface area (Å²) in [6.07, 6.45) is 3.76. The summed E-state index contributed by atoms with van der Waals surface area (Å²) in [5.74, 6) is 0. The second-order valence-corrected chi connectivity index (χ2v) is 4.54. The van der Waals surface area contributed by atoms with Gasteiger partial charge in [-0.05, 0) is 30.5 Å². The van der Waals surface area contributed by atoms with Crippen LogP contribution in [0.15, 0.2) is 48.7 Å². The van der Waals surface area contributed by atoms with E-state index in [1.54, 1.807) is 12.3 Å². The van der Waals surface area contributed by atoms with Gasteiger partial charge in [-0.15, -0.1) is 0 Å². The van der Waals surface area contributed by atoms with Crippen LogP contribution in [0.1, 0.15) is 17.7 Å². The zero-order valence-electron chi connectivity index (χ0n) is 10.2. The quantitative estimate of drug-likeness (QED) is 0.736. The molecule has 0 fully saturated rings. The number of aromatic nitrogens is 1. The van der Waals surface area contributed by atoms with Gasteiger partial charge < -0.3 is 4.74 Å². The van der Waals surface area contributed by atoms with Gasteiger partial charge in [0, 0.05) is 17.8 Å². The lowest BCUT2D eigenvalue weighted by Crippen LogP contribution is -1.99. The third kappa shape index (κ3) is 4.47. The Labute approximate surface area is 113 Å². The van der Waals surface area contributed by atoms with E-state index in [9.17, 15) is 0 Å². The number of benzene rings is 1. The largest absolute Gasteiger partial charge is 0.375 e. The Morgan fingerprint density at radius 2 is 1.94 bits per heavy atom. The second-order valence-electron chi connectivity index (χ2n) is 4.11. The fourth-order valence-corrected chi connectivity index (χ4v) is 1.91. The zero-order valence-corrected chi connectivity index (χ0v) is 10.9. The van der Waals surface area contributed by atoms with Crippen molar-refractivity contribution >= 4 is 11.6 Å². The molecule has 0 saturated carbocycles. The lowest BCUT2D eigenvalue weighted by atomic mass is 10.1. The van der Waals surface area contributed by atoms with Crippen LogP contribution < -0.4 is 0 Å². The van der Waals surface area contributed by atoms with Gasteiger partial charge in [0.15, 0.2) is 0 Å². The van der Waals surface area contributed by atoms with Crippen LogP contribution in [0, 0.1) is 0 Å². The summed E-state index contributed by atoms with van der Waals surface area (Å²) in [6.45, 7) is 1.26. The first-order valence-electron chi connectivity index (χ1n) is 6.07. The molecular weight excluding hydrogens is 246 g/mol. The Bertz CT molecular complexity index is 473. The molecule has 0 atom stereocenters. The fourth-order valence-electron chi connectivity index (χ4n) is 1.73. The minimum Gasteiger partial charge on any atom is -0.375 e. The molecule has 94 valence electrons. The second kappa shape index (κ2) is 7.14. The van der Waals surface area contributed by atoms with Crippen LogP contribution in [0.4, 0.5) is 0 Å². The zero-order chi connectivity index (χ0) is 12.6. The monoisotopic (exact) mass is 261 g/mol. The summed E-state index contributed by atoms with van der Waals surface area (Å²) in [5.41, 5.74) is 2.23. The van der Waals surface area contributed by atoms with Crippen molar-refractivity contribution in [2.75, 3.05) is 6.61 Å². The van der Waals surface area contributed by atoms with Crippen molar-refractivity contribution in [1.29, 1.82) is 0 Å². The van der Waals surface area contributed by atoms with Gasteiger partial charge in [0.2, 0.25) is 0 Å². The molecule has 0 spiro atoms.